The molecule has 3 heteroatoms. The fourth-order valence-electron chi connectivity index (χ4n) is 2.78. The third kappa shape index (κ3) is 1.50. The minimum Gasteiger partial charge on any atom is -0.461 e. The maximum absolute atomic E-state index is 11.5. The fraction of sp³-hybridized carbons (Fsp3) is 0.118. The van der Waals surface area contributed by atoms with Gasteiger partial charge in [-0.1, -0.05) is 6.07 Å². The Morgan fingerprint density at radius 1 is 0.800 bits per heavy atom. The molecule has 0 bridgehead atoms. The van der Waals surface area contributed by atoms with Crippen molar-refractivity contribution in [1.82, 2.24) is 0 Å². The van der Waals surface area contributed by atoms with Crippen LogP contribution >= 0.6 is 0 Å². The van der Waals surface area contributed by atoms with Crippen LogP contribution in [0, 0.1) is 13.8 Å². The smallest absolute Gasteiger partial charge is 0.336 e. The van der Waals surface area contributed by atoms with Crippen LogP contribution in [0.3, 0.4) is 0 Å². The van der Waals surface area contributed by atoms with E-state index in [9.17, 15) is 4.79 Å². The first-order valence-corrected chi connectivity index (χ1v) is 6.49. The van der Waals surface area contributed by atoms with Crippen LogP contribution in [-0.4, -0.2) is 0 Å². The normalized spacial score (nSPS) is 11.7. The molecule has 0 atom stereocenters. The lowest BCUT2D eigenvalue weighted by atomic mass is 10.0. The zero-order chi connectivity index (χ0) is 13.9. The SMILES string of the molecule is Cc1cc2c(ccc3cc4c(C)cc(=O)oc4cc32)o1. The van der Waals surface area contributed by atoms with E-state index in [0.29, 0.717) is 5.58 Å². The van der Waals surface area contributed by atoms with Gasteiger partial charge >= 0.3 is 5.63 Å². The molecule has 2 aromatic carbocycles. The Morgan fingerprint density at radius 3 is 2.50 bits per heavy atom. The summed E-state index contributed by atoms with van der Waals surface area (Å²) in [5.74, 6) is 0.873. The van der Waals surface area contributed by atoms with E-state index in [1.165, 1.54) is 6.07 Å². The van der Waals surface area contributed by atoms with Crippen molar-refractivity contribution in [3.63, 3.8) is 0 Å². The monoisotopic (exact) mass is 264 g/mol. The molecule has 2 heterocycles. The van der Waals surface area contributed by atoms with Crippen molar-refractivity contribution in [2.24, 2.45) is 0 Å². The van der Waals surface area contributed by atoms with E-state index in [1.54, 1.807) is 0 Å². The third-order valence-corrected chi connectivity index (χ3v) is 3.71. The average molecular weight is 264 g/mol. The minimum atomic E-state index is -0.315. The zero-order valence-corrected chi connectivity index (χ0v) is 11.2. The molecule has 0 radical (unpaired) electrons. The van der Waals surface area contributed by atoms with Crippen LogP contribution < -0.4 is 5.63 Å². The molecule has 0 saturated carbocycles. The van der Waals surface area contributed by atoms with Gasteiger partial charge in [-0.15, -0.1) is 0 Å². The van der Waals surface area contributed by atoms with Crippen LogP contribution in [0.15, 0.2) is 50.0 Å². The second-order valence-corrected chi connectivity index (χ2v) is 5.15. The Bertz CT molecular complexity index is 1030. The molecule has 4 aromatic rings. The molecule has 20 heavy (non-hydrogen) atoms. The number of benzene rings is 2. The van der Waals surface area contributed by atoms with Crippen molar-refractivity contribution in [1.29, 1.82) is 0 Å². The molecule has 0 unspecified atom stereocenters. The highest BCUT2D eigenvalue weighted by atomic mass is 16.4. The Morgan fingerprint density at radius 2 is 1.65 bits per heavy atom. The Balaban J connectivity index is 2.26. The van der Waals surface area contributed by atoms with Crippen molar-refractivity contribution in [2.45, 2.75) is 13.8 Å². The first-order valence-electron chi connectivity index (χ1n) is 6.49. The summed E-state index contributed by atoms with van der Waals surface area (Å²) in [5, 5.41) is 4.17. The van der Waals surface area contributed by atoms with Crippen LogP contribution in [0.2, 0.25) is 0 Å². The molecule has 0 saturated heterocycles. The lowest BCUT2D eigenvalue weighted by Gasteiger charge is -2.04. The number of hydrogen-bond donors (Lipinski definition) is 0. The van der Waals surface area contributed by atoms with E-state index in [2.05, 4.69) is 6.07 Å². The molecule has 3 nitrogen and oxygen atoms in total. The highest BCUT2D eigenvalue weighted by Crippen LogP contribution is 2.31. The first kappa shape index (κ1) is 11.3. The maximum Gasteiger partial charge on any atom is 0.336 e. The van der Waals surface area contributed by atoms with E-state index >= 15 is 0 Å². The van der Waals surface area contributed by atoms with Crippen LogP contribution in [-0.2, 0) is 0 Å². The molecular formula is C17H12O3. The molecule has 0 spiro atoms. The summed E-state index contributed by atoms with van der Waals surface area (Å²) in [4.78, 5) is 11.5. The summed E-state index contributed by atoms with van der Waals surface area (Å²) in [6.45, 7) is 3.85. The highest BCUT2D eigenvalue weighted by molar-refractivity contribution is 6.10. The van der Waals surface area contributed by atoms with E-state index in [-0.39, 0.29) is 5.63 Å². The van der Waals surface area contributed by atoms with Gasteiger partial charge in [0.25, 0.3) is 0 Å². The third-order valence-electron chi connectivity index (χ3n) is 3.71. The standard InChI is InChI=1S/C17H12O3/c1-9-5-17(18)20-16-8-13-11(7-12(9)16)3-4-15-14(13)6-10(2)19-15/h3-8H,1-2H3. The summed E-state index contributed by atoms with van der Waals surface area (Å²) < 4.78 is 11.0. The molecule has 0 aliphatic rings. The number of furan rings is 1. The summed E-state index contributed by atoms with van der Waals surface area (Å²) in [6, 6.07) is 11.5. The summed E-state index contributed by atoms with van der Waals surface area (Å²) in [6.07, 6.45) is 0. The lowest BCUT2D eigenvalue weighted by molar-refractivity contribution is 0.560. The average Bonchev–Trinajstić information content (AvgIpc) is 2.78. The van der Waals surface area contributed by atoms with Gasteiger partial charge < -0.3 is 8.83 Å². The second kappa shape index (κ2) is 3.73. The minimum absolute atomic E-state index is 0.315. The van der Waals surface area contributed by atoms with Crippen LogP contribution in [0.4, 0.5) is 0 Å². The number of fused-ring (bicyclic) bond motifs is 4. The fourth-order valence-corrected chi connectivity index (χ4v) is 2.78. The number of rotatable bonds is 0. The zero-order valence-electron chi connectivity index (χ0n) is 11.2. The van der Waals surface area contributed by atoms with E-state index in [1.807, 2.05) is 38.1 Å². The van der Waals surface area contributed by atoms with Gasteiger partial charge in [-0.3, -0.25) is 0 Å². The van der Waals surface area contributed by atoms with Gasteiger partial charge in [0.15, 0.2) is 0 Å². The van der Waals surface area contributed by atoms with Gasteiger partial charge in [0.05, 0.1) is 0 Å². The predicted molar refractivity (Wildman–Crippen MR) is 79.2 cm³/mol. The van der Waals surface area contributed by atoms with Gasteiger partial charge in [0.1, 0.15) is 16.9 Å². The van der Waals surface area contributed by atoms with Crippen molar-refractivity contribution in [2.75, 3.05) is 0 Å². The molecule has 0 aliphatic heterocycles. The molecule has 2 aromatic heterocycles. The van der Waals surface area contributed by atoms with E-state index < -0.39 is 0 Å². The summed E-state index contributed by atoms with van der Waals surface area (Å²) in [7, 11) is 0. The lowest BCUT2D eigenvalue weighted by Crippen LogP contribution is -1.97. The van der Waals surface area contributed by atoms with Crippen LogP contribution in [0.1, 0.15) is 11.3 Å². The van der Waals surface area contributed by atoms with Crippen molar-refractivity contribution in [3.05, 3.63) is 58.1 Å². The van der Waals surface area contributed by atoms with Gasteiger partial charge in [0, 0.05) is 16.8 Å². The summed E-state index contributed by atoms with van der Waals surface area (Å²) in [5.41, 5.74) is 2.09. The number of aryl methyl sites for hydroxylation is 2. The van der Waals surface area contributed by atoms with Crippen molar-refractivity contribution in [3.8, 4) is 0 Å². The molecule has 0 aliphatic carbocycles. The highest BCUT2D eigenvalue weighted by Gasteiger charge is 2.09. The Kier molecular flexibility index (Phi) is 2.11. The molecule has 0 N–H and O–H groups in total. The molecule has 0 amide bonds. The van der Waals surface area contributed by atoms with Gasteiger partial charge in [-0.05, 0) is 54.4 Å². The topological polar surface area (TPSA) is 43.4 Å². The van der Waals surface area contributed by atoms with E-state index in [4.69, 9.17) is 8.83 Å². The van der Waals surface area contributed by atoms with Gasteiger partial charge in [-0.2, -0.15) is 0 Å². The second-order valence-electron chi connectivity index (χ2n) is 5.15. The first-order chi connectivity index (χ1) is 9.61. The maximum atomic E-state index is 11.5. The molecule has 98 valence electrons. The molecule has 4 rings (SSSR count). The van der Waals surface area contributed by atoms with Gasteiger partial charge in [0.2, 0.25) is 0 Å². The Hall–Kier alpha value is -2.55. The summed E-state index contributed by atoms with van der Waals surface area (Å²) >= 11 is 0. The molecular weight excluding hydrogens is 252 g/mol. The van der Waals surface area contributed by atoms with Crippen molar-refractivity contribution >= 4 is 32.7 Å². The molecule has 0 fully saturated rings. The quantitative estimate of drug-likeness (QED) is 0.351. The number of hydrogen-bond acceptors (Lipinski definition) is 3. The van der Waals surface area contributed by atoms with Crippen LogP contribution in [0.5, 0.6) is 0 Å². The van der Waals surface area contributed by atoms with Gasteiger partial charge in [-0.25, -0.2) is 4.79 Å². The predicted octanol–water partition coefficient (Wildman–Crippen LogP) is 4.31. The Labute approximate surface area is 114 Å². The van der Waals surface area contributed by atoms with Crippen molar-refractivity contribution < 1.29 is 8.83 Å². The van der Waals surface area contributed by atoms with E-state index in [0.717, 1.165) is 38.5 Å². The van der Waals surface area contributed by atoms with Crippen LogP contribution in [0.25, 0.3) is 32.7 Å². The largest absolute Gasteiger partial charge is 0.461 e.